The number of hydrogen-bond donors (Lipinski definition) is 2. The monoisotopic (exact) mass is 279 g/mol. The van der Waals surface area contributed by atoms with Crippen molar-refractivity contribution in [2.75, 3.05) is 18.5 Å². The Morgan fingerprint density at radius 1 is 1.40 bits per heavy atom. The molecule has 0 heterocycles. The van der Waals surface area contributed by atoms with Gasteiger partial charge in [0.15, 0.2) is 0 Å². The summed E-state index contributed by atoms with van der Waals surface area (Å²) in [6.07, 6.45) is 4.27. The van der Waals surface area contributed by atoms with Crippen LogP contribution in [0.15, 0.2) is 18.2 Å². The minimum Gasteiger partial charge on any atom is -0.494 e. The maximum Gasteiger partial charge on any atom is 0.275 e. The molecule has 0 aliphatic heterocycles. The van der Waals surface area contributed by atoms with Crippen molar-refractivity contribution in [1.82, 2.24) is 0 Å². The lowest BCUT2D eigenvalue weighted by molar-refractivity contribution is -0.384. The number of nitro benzene ring substituents is 1. The SMILES string of the molecule is CCOc1cc(NC2(CN)CCCC2)cc([N+](=O)[O-])c1. The average molecular weight is 279 g/mol. The fourth-order valence-electron chi connectivity index (χ4n) is 2.75. The van der Waals surface area contributed by atoms with Crippen molar-refractivity contribution in [3.05, 3.63) is 28.3 Å². The van der Waals surface area contributed by atoms with E-state index in [4.69, 9.17) is 10.5 Å². The highest BCUT2D eigenvalue weighted by Crippen LogP contribution is 2.34. The Morgan fingerprint density at radius 2 is 2.10 bits per heavy atom. The lowest BCUT2D eigenvalue weighted by Crippen LogP contribution is -2.42. The number of hydrogen-bond acceptors (Lipinski definition) is 5. The zero-order chi connectivity index (χ0) is 14.6. The summed E-state index contributed by atoms with van der Waals surface area (Å²) >= 11 is 0. The quantitative estimate of drug-likeness (QED) is 0.617. The van der Waals surface area contributed by atoms with E-state index in [1.165, 1.54) is 12.1 Å². The molecule has 0 unspecified atom stereocenters. The van der Waals surface area contributed by atoms with E-state index in [1.807, 2.05) is 6.92 Å². The summed E-state index contributed by atoms with van der Waals surface area (Å²) in [4.78, 5) is 10.6. The zero-order valence-electron chi connectivity index (χ0n) is 11.7. The average Bonchev–Trinajstić information content (AvgIpc) is 2.88. The van der Waals surface area contributed by atoms with E-state index in [1.54, 1.807) is 6.07 Å². The number of nitro groups is 1. The highest BCUT2D eigenvalue weighted by Gasteiger charge is 2.32. The third-order valence-corrected chi connectivity index (χ3v) is 3.77. The van der Waals surface area contributed by atoms with E-state index in [0.717, 1.165) is 25.7 Å². The second-order valence-corrected chi connectivity index (χ2v) is 5.22. The fraction of sp³-hybridized carbons (Fsp3) is 0.571. The number of nitrogens with zero attached hydrogens (tertiary/aromatic N) is 1. The van der Waals surface area contributed by atoms with Gasteiger partial charge in [-0.15, -0.1) is 0 Å². The molecule has 0 spiro atoms. The Balaban J connectivity index is 2.27. The van der Waals surface area contributed by atoms with Gasteiger partial charge in [0.05, 0.1) is 17.6 Å². The van der Waals surface area contributed by atoms with Gasteiger partial charge in [-0.05, 0) is 19.8 Å². The molecule has 0 radical (unpaired) electrons. The van der Waals surface area contributed by atoms with Crippen LogP contribution < -0.4 is 15.8 Å². The molecule has 6 heteroatoms. The summed E-state index contributed by atoms with van der Waals surface area (Å²) in [5.41, 5.74) is 6.48. The van der Waals surface area contributed by atoms with Gasteiger partial charge in [0.1, 0.15) is 5.75 Å². The standard InChI is InChI=1S/C14H21N3O3/c1-2-20-13-8-11(7-12(9-13)17(18)19)16-14(10-15)5-3-4-6-14/h7-9,16H,2-6,10,15H2,1H3. The predicted octanol–water partition coefficient (Wildman–Crippen LogP) is 2.68. The lowest BCUT2D eigenvalue weighted by atomic mass is 9.97. The minimum atomic E-state index is -0.405. The molecule has 0 bridgehead atoms. The predicted molar refractivity (Wildman–Crippen MR) is 78.1 cm³/mol. The van der Waals surface area contributed by atoms with Crippen LogP contribution in [-0.4, -0.2) is 23.6 Å². The molecule has 0 saturated heterocycles. The molecule has 1 aliphatic carbocycles. The first-order valence-corrected chi connectivity index (χ1v) is 6.99. The fourth-order valence-corrected chi connectivity index (χ4v) is 2.75. The molecule has 0 atom stereocenters. The molecule has 2 rings (SSSR count). The first kappa shape index (κ1) is 14.6. The van der Waals surface area contributed by atoms with Crippen LogP contribution >= 0.6 is 0 Å². The molecule has 110 valence electrons. The largest absolute Gasteiger partial charge is 0.494 e. The van der Waals surface area contributed by atoms with Crippen LogP contribution in [-0.2, 0) is 0 Å². The number of non-ortho nitro benzene ring substituents is 1. The Bertz CT molecular complexity index is 485. The first-order chi connectivity index (χ1) is 9.58. The molecule has 3 N–H and O–H groups in total. The molecule has 20 heavy (non-hydrogen) atoms. The van der Waals surface area contributed by atoms with Gasteiger partial charge in [0.25, 0.3) is 5.69 Å². The van der Waals surface area contributed by atoms with E-state index < -0.39 is 4.92 Å². The number of rotatable bonds is 6. The molecule has 1 aliphatic rings. The van der Waals surface area contributed by atoms with E-state index >= 15 is 0 Å². The van der Waals surface area contributed by atoms with Gasteiger partial charge in [0, 0.05) is 29.9 Å². The first-order valence-electron chi connectivity index (χ1n) is 6.99. The molecular weight excluding hydrogens is 258 g/mol. The number of nitrogens with one attached hydrogen (secondary N) is 1. The van der Waals surface area contributed by atoms with Crippen LogP contribution in [0.5, 0.6) is 5.75 Å². The van der Waals surface area contributed by atoms with Crippen LogP contribution in [0.25, 0.3) is 0 Å². The number of benzene rings is 1. The molecule has 1 saturated carbocycles. The van der Waals surface area contributed by atoms with Crippen molar-refractivity contribution in [2.24, 2.45) is 5.73 Å². The summed E-state index contributed by atoms with van der Waals surface area (Å²) in [6, 6.07) is 4.78. The van der Waals surface area contributed by atoms with Crippen molar-refractivity contribution in [3.8, 4) is 5.75 Å². The summed E-state index contributed by atoms with van der Waals surface area (Å²) < 4.78 is 5.39. The van der Waals surface area contributed by atoms with E-state index in [0.29, 0.717) is 24.6 Å². The van der Waals surface area contributed by atoms with E-state index in [9.17, 15) is 10.1 Å². The third kappa shape index (κ3) is 3.19. The van der Waals surface area contributed by atoms with Crippen LogP contribution in [0.2, 0.25) is 0 Å². The van der Waals surface area contributed by atoms with Crippen LogP contribution in [0.3, 0.4) is 0 Å². The Labute approximate surface area is 118 Å². The van der Waals surface area contributed by atoms with E-state index in [-0.39, 0.29) is 11.2 Å². The summed E-state index contributed by atoms with van der Waals surface area (Å²) in [6.45, 7) is 2.85. The Kier molecular flexibility index (Phi) is 4.44. The molecule has 6 nitrogen and oxygen atoms in total. The van der Waals surface area contributed by atoms with Gasteiger partial charge in [0.2, 0.25) is 0 Å². The molecule has 1 fully saturated rings. The maximum atomic E-state index is 11.0. The van der Waals surface area contributed by atoms with Gasteiger partial charge in [-0.1, -0.05) is 12.8 Å². The lowest BCUT2D eigenvalue weighted by Gasteiger charge is -2.30. The minimum absolute atomic E-state index is 0.0311. The van der Waals surface area contributed by atoms with Gasteiger partial charge in [-0.3, -0.25) is 10.1 Å². The smallest absolute Gasteiger partial charge is 0.275 e. The van der Waals surface area contributed by atoms with Gasteiger partial charge in [-0.2, -0.15) is 0 Å². The summed E-state index contributed by atoms with van der Waals surface area (Å²) in [5.74, 6) is 0.509. The summed E-state index contributed by atoms with van der Waals surface area (Å²) in [5, 5.41) is 14.4. The molecule has 1 aromatic carbocycles. The van der Waals surface area contributed by atoms with Crippen molar-refractivity contribution in [3.63, 3.8) is 0 Å². The normalized spacial score (nSPS) is 16.9. The molecule has 0 aromatic heterocycles. The van der Waals surface area contributed by atoms with Crippen molar-refractivity contribution < 1.29 is 9.66 Å². The Morgan fingerprint density at radius 3 is 2.65 bits per heavy atom. The summed E-state index contributed by atoms with van der Waals surface area (Å²) in [7, 11) is 0. The number of nitrogens with two attached hydrogens (primary N) is 1. The van der Waals surface area contributed by atoms with Gasteiger partial charge in [-0.25, -0.2) is 0 Å². The van der Waals surface area contributed by atoms with Crippen LogP contribution in [0.4, 0.5) is 11.4 Å². The van der Waals surface area contributed by atoms with Crippen LogP contribution in [0, 0.1) is 10.1 Å². The van der Waals surface area contributed by atoms with Crippen LogP contribution in [0.1, 0.15) is 32.6 Å². The van der Waals surface area contributed by atoms with Crippen molar-refractivity contribution in [1.29, 1.82) is 0 Å². The van der Waals surface area contributed by atoms with E-state index in [2.05, 4.69) is 5.32 Å². The zero-order valence-corrected chi connectivity index (χ0v) is 11.7. The Hall–Kier alpha value is -1.82. The van der Waals surface area contributed by atoms with Crippen molar-refractivity contribution >= 4 is 11.4 Å². The van der Waals surface area contributed by atoms with Crippen molar-refractivity contribution in [2.45, 2.75) is 38.1 Å². The number of anilines is 1. The molecular formula is C14H21N3O3. The second-order valence-electron chi connectivity index (χ2n) is 5.22. The number of ether oxygens (including phenoxy) is 1. The molecule has 1 aromatic rings. The highest BCUT2D eigenvalue weighted by atomic mass is 16.6. The third-order valence-electron chi connectivity index (χ3n) is 3.77. The maximum absolute atomic E-state index is 11.0. The topological polar surface area (TPSA) is 90.4 Å². The second kappa shape index (κ2) is 6.09. The van der Waals surface area contributed by atoms with Gasteiger partial charge >= 0.3 is 0 Å². The van der Waals surface area contributed by atoms with Gasteiger partial charge < -0.3 is 15.8 Å². The molecule has 0 amide bonds. The highest BCUT2D eigenvalue weighted by molar-refractivity contribution is 5.57.